The predicted octanol–water partition coefficient (Wildman–Crippen LogP) is 2.44. The van der Waals surface area contributed by atoms with Gasteiger partial charge in [0.2, 0.25) is 0 Å². The summed E-state index contributed by atoms with van der Waals surface area (Å²) in [5, 5.41) is 8.93. The maximum absolute atomic E-state index is 10.9. The maximum atomic E-state index is 10.9. The second-order valence-corrected chi connectivity index (χ2v) is 5.33. The topological polar surface area (TPSA) is 43.8 Å². The van der Waals surface area contributed by atoms with Crippen LogP contribution in [0.2, 0.25) is 0 Å². The van der Waals surface area contributed by atoms with Gasteiger partial charge in [0.25, 0.3) is 0 Å². The highest BCUT2D eigenvalue weighted by atomic mass is 16.4. The summed E-state index contributed by atoms with van der Waals surface area (Å²) in [6.07, 6.45) is 2.55. The molecule has 104 valence electrons. The lowest BCUT2D eigenvalue weighted by atomic mass is 10.1. The molecule has 19 heavy (non-hydrogen) atoms. The molecule has 0 amide bonds. The molecule has 1 saturated heterocycles. The number of carbonyl (C=O) groups is 1. The Hall–Kier alpha value is -1.71. The van der Waals surface area contributed by atoms with Crippen LogP contribution in [0.1, 0.15) is 19.8 Å². The third kappa shape index (κ3) is 3.40. The summed E-state index contributed by atoms with van der Waals surface area (Å²) >= 11 is 0. The lowest BCUT2D eigenvalue weighted by Gasteiger charge is -2.23. The number of carboxylic acid groups (broad SMARTS) is 1. The van der Waals surface area contributed by atoms with E-state index in [0.29, 0.717) is 6.54 Å². The second-order valence-electron chi connectivity index (χ2n) is 5.33. The van der Waals surface area contributed by atoms with E-state index in [1.807, 2.05) is 11.9 Å². The summed E-state index contributed by atoms with van der Waals surface area (Å²) in [7, 11) is 1.93. The van der Waals surface area contributed by atoms with E-state index >= 15 is 0 Å². The predicted molar refractivity (Wildman–Crippen MR) is 78.0 cm³/mol. The van der Waals surface area contributed by atoms with E-state index in [2.05, 4.69) is 29.2 Å². The number of aliphatic carboxylic acids is 1. The molecule has 1 aliphatic rings. The third-order valence-corrected chi connectivity index (χ3v) is 3.73. The highest BCUT2D eigenvalue weighted by molar-refractivity contribution is 5.70. The summed E-state index contributed by atoms with van der Waals surface area (Å²) in [5.74, 6) is -1.11. The lowest BCUT2D eigenvalue weighted by Crippen LogP contribution is -2.28. The van der Waals surface area contributed by atoms with E-state index in [1.54, 1.807) is 6.92 Å². The van der Waals surface area contributed by atoms with Crippen LogP contribution in [0, 0.1) is 5.92 Å². The Morgan fingerprint density at radius 2 is 1.89 bits per heavy atom. The minimum atomic E-state index is -0.750. The molecule has 0 saturated carbocycles. The number of hydrogen-bond acceptors (Lipinski definition) is 3. The fraction of sp³-hybridized carbons (Fsp3) is 0.533. The Kier molecular flexibility index (Phi) is 4.30. The molecule has 1 atom stereocenters. The standard InChI is InChI=1S/C15H22N2O2/c1-12(15(18)19)11-16(2)13-5-7-14(8-6-13)17-9-3-4-10-17/h5-8,12H,3-4,9-11H2,1-2H3,(H,18,19). The number of rotatable bonds is 5. The first-order valence-corrected chi connectivity index (χ1v) is 6.87. The molecular formula is C15H22N2O2. The number of anilines is 2. The van der Waals surface area contributed by atoms with Crippen LogP contribution in [-0.4, -0.2) is 37.8 Å². The van der Waals surface area contributed by atoms with E-state index in [-0.39, 0.29) is 5.92 Å². The van der Waals surface area contributed by atoms with Gasteiger partial charge >= 0.3 is 5.97 Å². The Balaban J connectivity index is 1.99. The molecule has 1 aromatic rings. The largest absolute Gasteiger partial charge is 0.481 e. The van der Waals surface area contributed by atoms with Crippen LogP contribution in [0.5, 0.6) is 0 Å². The summed E-state index contributed by atoms with van der Waals surface area (Å²) in [6.45, 7) is 4.55. The fourth-order valence-electron chi connectivity index (χ4n) is 2.49. The van der Waals surface area contributed by atoms with Crippen molar-refractivity contribution in [3.8, 4) is 0 Å². The van der Waals surface area contributed by atoms with Crippen molar-refractivity contribution in [3.05, 3.63) is 24.3 Å². The van der Waals surface area contributed by atoms with E-state index < -0.39 is 5.97 Å². The van der Waals surface area contributed by atoms with Crippen LogP contribution < -0.4 is 9.80 Å². The first kappa shape index (κ1) is 13.7. The summed E-state index contributed by atoms with van der Waals surface area (Å²) in [5.41, 5.74) is 2.33. The van der Waals surface area contributed by atoms with Gasteiger partial charge in [0.15, 0.2) is 0 Å². The highest BCUT2D eigenvalue weighted by Crippen LogP contribution is 2.23. The molecule has 0 spiro atoms. The Labute approximate surface area is 114 Å². The van der Waals surface area contributed by atoms with Gasteiger partial charge in [-0.1, -0.05) is 6.92 Å². The minimum Gasteiger partial charge on any atom is -0.481 e. The van der Waals surface area contributed by atoms with Crippen molar-refractivity contribution in [2.75, 3.05) is 36.5 Å². The molecule has 0 aliphatic carbocycles. The molecule has 0 aromatic heterocycles. The molecule has 1 fully saturated rings. The van der Waals surface area contributed by atoms with Crippen molar-refractivity contribution in [2.24, 2.45) is 5.92 Å². The first-order valence-electron chi connectivity index (χ1n) is 6.87. The Morgan fingerprint density at radius 1 is 1.32 bits per heavy atom. The van der Waals surface area contributed by atoms with Gasteiger partial charge in [0, 0.05) is 38.1 Å². The minimum absolute atomic E-state index is 0.358. The van der Waals surface area contributed by atoms with Gasteiger partial charge in [-0.25, -0.2) is 0 Å². The van der Waals surface area contributed by atoms with Crippen LogP contribution >= 0.6 is 0 Å². The number of hydrogen-bond donors (Lipinski definition) is 1. The second kappa shape index (κ2) is 5.95. The molecule has 0 bridgehead atoms. The summed E-state index contributed by atoms with van der Waals surface area (Å²) < 4.78 is 0. The van der Waals surface area contributed by atoms with Crippen molar-refractivity contribution >= 4 is 17.3 Å². The van der Waals surface area contributed by atoms with E-state index in [4.69, 9.17) is 5.11 Å². The number of carboxylic acids is 1. The molecule has 1 aliphatic heterocycles. The van der Waals surface area contributed by atoms with Gasteiger partial charge in [-0.05, 0) is 37.1 Å². The van der Waals surface area contributed by atoms with Gasteiger partial charge in [0.05, 0.1) is 5.92 Å². The summed E-state index contributed by atoms with van der Waals surface area (Å²) in [4.78, 5) is 15.2. The van der Waals surface area contributed by atoms with Crippen LogP contribution in [0.15, 0.2) is 24.3 Å². The highest BCUT2D eigenvalue weighted by Gasteiger charge is 2.15. The van der Waals surface area contributed by atoms with Gasteiger partial charge in [-0.2, -0.15) is 0 Å². The van der Waals surface area contributed by atoms with Crippen LogP contribution in [-0.2, 0) is 4.79 Å². The molecular weight excluding hydrogens is 240 g/mol. The number of nitrogens with zero attached hydrogens (tertiary/aromatic N) is 2. The fourth-order valence-corrected chi connectivity index (χ4v) is 2.49. The zero-order valence-corrected chi connectivity index (χ0v) is 11.7. The molecule has 0 radical (unpaired) electrons. The quantitative estimate of drug-likeness (QED) is 0.885. The van der Waals surface area contributed by atoms with Gasteiger partial charge < -0.3 is 14.9 Å². The van der Waals surface area contributed by atoms with Crippen molar-refractivity contribution in [3.63, 3.8) is 0 Å². The lowest BCUT2D eigenvalue weighted by molar-refractivity contribution is -0.140. The monoisotopic (exact) mass is 262 g/mol. The van der Waals surface area contributed by atoms with Gasteiger partial charge in [-0.3, -0.25) is 4.79 Å². The van der Waals surface area contributed by atoms with Crippen molar-refractivity contribution < 1.29 is 9.90 Å². The van der Waals surface area contributed by atoms with E-state index in [1.165, 1.54) is 18.5 Å². The van der Waals surface area contributed by atoms with E-state index in [9.17, 15) is 4.79 Å². The molecule has 1 aromatic carbocycles. The van der Waals surface area contributed by atoms with Crippen molar-refractivity contribution in [2.45, 2.75) is 19.8 Å². The smallest absolute Gasteiger partial charge is 0.308 e. The van der Waals surface area contributed by atoms with Gasteiger partial charge in [-0.15, -0.1) is 0 Å². The normalized spacial score (nSPS) is 16.4. The van der Waals surface area contributed by atoms with Crippen LogP contribution in [0.4, 0.5) is 11.4 Å². The molecule has 2 rings (SSSR count). The maximum Gasteiger partial charge on any atom is 0.308 e. The average Bonchev–Trinajstić information content (AvgIpc) is 2.92. The van der Waals surface area contributed by atoms with Crippen molar-refractivity contribution in [1.82, 2.24) is 0 Å². The molecule has 1 heterocycles. The zero-order valence-electron chi connectivity index (χ0n) is 11.7. The Bertz CT molecular complexity index is 424. The average molecular weight is 262 g/mol. The third-order valence-electron chi connectivity index (χ3n) is 3.73. The number of benzene rings is 1. The molecule has 1 N–H and O–H groups in total. The molecule has 4 heteroatoms. The van der Waals surface area contributed by atoms with Crippen LogP contribution in [0.3, 0.4) is 0 Å². The Morgan fingerprint density at radius 3 is 2.42 bits per heavy atom. The van der Waals surface area contributed by atoms with Crippen molar-refractivity contribution in [1.29, 1.82) is 0 Å². The van der Waals surface area contributed by atoms with Gasteiger partial charge in [0.1, 0.15) is 0 Å². The zero-order chi connectivity index (χ0) is 13.8. The molecule has 1 unspecified atom stereocenters. The first-order chi connectivity index (χ1) is 9.08. The molecule has 4 nitrogen and oxygen atoms in total. The summed E-state index contributed by atoms with van der Waals surface area (Å²) in [6, 6.07) is 8.40. The van der Waals surface area contributed by atoms with E-state index in [0.717, 1.165) is 18.8 Å². The van der Waals surface area contributed by atoms with Crippen LogP contribution in [0.25, 0.3) is 0 Å². The SMILES string of the molecule is CC(CN(C)c1ccc(N2CCCC2)cc1)C(=O)O.